The van der Waals surface area contributed by atoms with Gasteiger partial charge in [-0.25, -0.2) is 4.79 Å². The van der Waals surface area contributed by atoms with Gasteiger partial charge in [0.25, 0.3) is 5.91 Å². The van der Waals surface area contributed by atoms with Gasteiger partial charge in [0.05, 0.1) is 5.56 Å². The zero-order chi connectivity index (χ0) is 19.4. The summed E-state index contributed by atoms with van der Waals surface area (Å²) in [5.41, 5.74) is 4.16. The van der Waals surface area contributed by atoms with E-state index in [-0.39, 0.29) is 18.4 Å². The van der Waals surface area contributed by atoms with E-state index in [4.69, 9.17) is 4.74 Å². The number of rotatable bonds is 5. The highest BCUT2D eigenvalue weighted by atomic mass is 16.5. The molecule has 6 nitrogen and oxygen atoms in total. The largest absolute Gasteiger partial charge is 0.452 e. The van der Waals surface area contributed by atoms with Gasteiger partial charge in [0.2, 0.25) is 5.91 Å². The summed E-state index contributed by atoms with van der Waals surface area (Å²) in [4.78, 5) is 37.4. The number of esters is 1. The molecule has 2 amide bonds. The zero-order valence-corrected chi connectivity index (χ0v) is 15.5. The number of fused-ring (bicyclic) bond motifs is 1. The summed E-state index contributed by atoms with van der Waals surface area (Å²) in [5.74, 6) is -0.846. The van der Waals surface area contributed by atoms with E-state index in [1.807, 2.05) is 31.2 Å². The molecule has 27 heavy (non-hydrogen) atoms. The SMILES string of the molecule is Cc1ccc(CN(C)C(=O)COC(=O)c2ccc3c(c2)CCC(=O)N3)cc1. The molecule has 1 aliphatic heterocycles. The van der Waals surface area contributed by atoms with Gasteiger partial charge >= 0.3 is 5.97 Å². The van der Waals surface area contributed by atoms with Crippen molar-refractivity contribution in [1.82, 2.24) is 4.90 Å². The second kappa shape index (κ2) is 8.03. The van der Waals surface area contributed by atoms with Crippen molar-refractivity contribution in [2.75, 3.05) is 19.0 Å². The minimum atomic E-state index is -0.549. The number of ether oxygens (including phenoxy) is 1. The summed E-state index contributed by atoms with van der Waals surface area (Å²) in [6.45, 7) is 2.15. The van der Waals surface area contributed by atoms with Gasteiger partial charge in [-0.15, -0.1) is 0 Å². The van der Waals surface area contributed by atoms with Crippen molar-refractivity contribution < 1.29 is 19.1 Å². The number of amides is 2. The monoisotopic (exact) mass is 366 g/mol. The lowest BCUT2D eigenvalue weighted by Gasteiger charge is -2.18. The minimum absolute atomic E-state index is 0.0277. The van der Waals surface area contributed by atoms with Gasteiger partial charge in [-0.1, -0.05) is 29.8 Å². The fourth-order valence-corrected chi connectivity index (χ4v) is 2.89. The van der Waals surface area contributed by atoms with Crippen molar-refractivity contribution in [2.45, 2.75) is 26.3 Å². The highest BCUT2D eigenvalue weighted by molar-refractivity contribution is 5.96. The third-order valence-electron chi connectivity index (χ3n) is 4.53. The number of hydrogen-bond acceptors (Lipinski definition) is 4. The van der Waals surface area contributed by atoms with Crippen molar-refractivity contribution in [3.8, 4) is 0 Å². The van der Waals surface area contributed by atoms with E-state index in [1.54, 1.807) is 25.2 Å². The lowest BCUT2D eigenvalue weighted by molar-refractivity contribution is -0.133. The van der Waals surface area contributed by atoms with E-state index in [0.29, 0.717) is 24.9 Å². The molecular weight excluding hydrogens is 344 g/mol. The third kappa shape index (κ3) is 4.73. The normalized spacial score (nSPS) is 12.7. The topological polar surface area (TPSA) is 75.7 Å². The van der Waals surface area contributed by atoms with Crippen LogP contribution in [-0.4, -0.2) is 36.3 Å². The Morgan fingerprint density at radius 2 is 1.85 bits per heavy atom. The minimum Gasteiger partial charge on any atom is -0.452 e. The molecule has 6 heteroatoms. The Morgan fingerprint density at radius 3 is 2.59 bits per heavy atom. The van der Waals surface area contributed by atoms with E-state index in [0.717, 1.165) is 22.4 Å². The number of aryl methyl sites for hydroxylation is 2. The Morgan fingerprint density at radius 1 is 1.11 bits per heavy atom. The van der Waals surface area contributed by atoms with E-state index >= 15 is 0 Å². The molecule has 1 N–H and O–H groups in total. The Labute approximate surface area is 158 Å². The average Bonchev–Trinajstić information content (AvgIpc) is 2.67. The molecule has 3 rings (SSSR count). The first-order valence-corrected chi connectivity index (χ1v) is 8.82. The van der Waals surface area contributed by atoms with Crippen LogP contribution in [0.15, 0.2) is 42.5 Å². The molecule has 0 aliphatic carbocycles. The van der Waals surface area contributed by atoms with E-state index in [9.17, 15) is 14.4 Å². The molecule has 0 atom stereocenters. The predicted molar refractivity (Wildman–Crippen MR) is 101 cm³/mol. The second-order valence-corrected chi connectivity index (χ2v) is 6.73. The summed E-state index contributed by atoms with van der Waals surface area (Å²) >= 11 is 0. The third-order valence-corrected chi connectivity index (χ3v) is 4.53. The van der Waals surface area contributed by atoms with Gasteiger partial charge in [-0.05, 0) is 42.7 Å². The van der Waals surface area contributed by atoms with Crippen LogP contribution < -0.4 is 5.32 Å². The predicted octanol–water partition coefficient (Wildman–Crippen LogP) is 2.70. The van der Waals surface area contributed by atoms with Crippen LogP contribution in [0.5, 0.6) is 0 Å². The van der Waals surface area contributed by atoms with Crippen LogP contribution in [0, 0.1) is 6.92 Å². The summed E-state index contributed by atoms with van der Waals surface area (Å²) in [5, 5.41) is 2.77. The molecule has 1 heterocycles. The molecule has 2 aromatic carbocycles. The number of hydrogen-bond donors (Lipinski definition) is 1. The summed E-state index contributed by atoms with van der Waals surface area (Å²) in [6.07, 6.45) is 0.980. The van der Waals surface area contributed by atoms with Crippen molar-refractivity contribution in [3.63, 3.8) is 0 Å². The van der Waals surface area contributed by atoms with Crippen LogP contribution in [0.1, 0.15) is 33.5 Å². The van der Waals surface area contributed by atoms with Gasteiger partial charge < -0.3 is 15.0 Å². The molecule has 0 bridgehead atoms. The molecule has 1 aliphatic rings. The summed E-state index contributed by atoms with van der Waals surface area (Å²) in [7, 11) is 1.68. The van der Waals surface area contributed by atoms with Crippen molar-refractivity contribution in [2.24, 2.45) is 0 Å². The Hall–Kier alpha value is -3.15. The molecule has 0 saturated carbocycles. The standard InChI is InChI=1S/C21H22N2O4/c1-14-3-5-15(6-4-14)12-23(2)20(25)13-27-21(26)17-7-9-18-16(11-17)8-10-19(24)22-18/h3-7,9,11H,8,10,12-13H2,1-2H3,(H,22,24). The number of carbonyl (C=O) groups excluding carboxylic acids is 3. The Balaban J connectivity index is 1.54. The molecule has 0 fully saturated rings. The second-order valence-electron chi connectivity index (χ2n) is 6.73. The maximum absolute atomic E-state index is 12.2. The first-order valence-electron chi connectivity index (χ1n) is 8.82. The van der Waals surface area contributed by atoms with Gasteiger partial charge in [0, 0.05) is 25.7 Å². The van der Waals surface area contributed by atoms with Crippen LogP contribution in [0.2, 0.25) is 0 Å². The van der Waals surface area contributed by atoms with E-state index in [2.05, 4.69) is 5.32 Å². The lowest BCUT2D eigenvalue weighted by atomic mass is 10.0. The highest BCUT2D eigenvalue weighted by Gasteiger charge is 2.18. The van der Waals surface area contributed by atoms with Gasteiger partial charge in [0.1, 0.15) is 0 Å². The molecule has 0 aromatic heterocycles. The molecule has 0 radical (unpaired) electrons. The number of anilines is 1. The average molecular weight is 366 g/mol. The summed E-state index contributed by atoms with van der Waals surface area (Å²) < 4.78 is 5.16. The maximum Gasteiger partial charge on any atom is 0.338 e. The van der Waals surface area contributed by atoms with Crippen molar-refractivity contribution in [1.29, 1.82) is 0 Å². The summed E-state index contributed by atoms with van der Waals surface area (Å²) in [6, 6.07) is 12.9. The van der Waals surface area contributed by atoms with Crippen molar-refractivity contribution >= 4 is 23.5 Å². The van der Waals surface area contributed by atoms with Crippen LogP contribution in [0.3, 0.4) is 0 Å². The van der Waals surface area contributed by atoms with Crippen LogP contribution in [0.25, 0.3) is 0 Å². The number of nitrogens with one attached hydrogen (secondary N) is 1. The highest BCUT2D eigenvalue weighted by Crippen LogP contribution is 2.23. The molecular formula is C21H22N2O4. The van der Waals surface area contributed by atoms with Crippen LogP contribution >= 0.6 is 0 Å². The molecule has 2 aromatic rings. The first kappa shape index (κ1) is 18.6. The first-order chi connectivity index (χ1) is 12.9. The van der Waals surface area contributed by atoms with Crippen LogP contribution in [0.4, 0.5) is 5.69 Å². The number of benzene rings is 2. The fourth-order valence-electron chi connectivity index (χ4n) is 2.89. The number of likely N-dealkylation sites (N-methyl/N-ethyl adjacent to an activating group) is 1. The maximum atomic E-state index is 12.2. The number of nitrogens with zero attached hydrogens (tertiary/aromatic N) is 1. The Kier molecular flexibility index (Phi) is 5.54. The zero-order valence-electron chi connectivity index (χ0n) is 15.5. The Bertz CT molecular complexity index is 874. The lowest BCUT2D eigenvalue weighted by Crippen LogP contribution is -2.30. The smallest absolute Gasteiger partial charge is 0.338 e. The van der Waals surface area contributed by atoms with Crippen LogP contribution in [-0.2, 0) is 27.3 Å². The van der Waals surface area contributed by atoms with E-state index in [1.165, 1.54) is 4.90 Å². The van der Waals surface area contributed by atoms with Crippen molar-refractivity contribution in [3.05, 3.63) is 64.7 Å². The molecule has 0 saturated heterocycles. The van der Waals surface area contributed by atoms with E-state index < -0.39 is 5.97 Å². The molecule has 0 unspecified atom stereocenters. The molecule has 140 valence electrons. The molecule has 0 spiro atoms. The fraction of sp³-hybridized carbons (Fsp3) is 0.286. The van der Waals surface area contributed by atoms with Gasteiger partial charge in [0.15, 0.2) is 6.61 Å². The number of carbonyl (C=O) groups is 3. The quantitative estimate of drug-likeness (QED) is 0.826. The van der Waals surface area contributed by atoms with Gasteiger partial charge in [-0.2, -0.15) is 0 Å². The van der Waals surface area contributed by atoms with Gasteiger partial charge in [-0.3, -0.25) is 9.59 Å².